The van der Waals surface area contributed by atoms with Gasteiger partial charge in [0.15, 0.2) is 0 Å². The van der Waals surface area contributed by atoms with Crippen LogP contribution in [0.5, 0.6) is 0 Å². The van der Waals surface area contributed by atoms with E-state index in [0.717, 1.165) is 12.1 Å². The summed E-state index contributed by atoms with van der Waals surface area (Å²) in [6.07, 6.45) is -3.06. The lowest BCUT2D eigenvalue weighted by Crippen LogP contribution is -2.17. The second kappa shape index (κ2) is 7.34. The molecule has 3 N–H and O–H groups in total. The normalized spacial score (nSPS) is 11.6. The molecule has 3 aromatic heterocycles. The van der Waals surface area contributed by atoms with Crippen molar-refractivity contribution in [3.05, 3.63) is 87.9 Å². The third kappa shape index (κ3) is 3.33. The number of nitrogens with two attached hydrogens (primary N) is 1. The van der Waals surface area contributed by atoms with E-state index in [1.54, 1.807) is 41.9 Å². The van der Waals surface area contributed by atoms with Crippen LogP contribution < -0.4 is 11.1 Å². The van der Waals surface area contributed by atoms with Gasteiger partial charge in [-0.2, -0.15) is 13.2 Å². The summed E-state index contributed by atoms with van der Waals surface area (Å²) in [5.74, 6) is -1.21. The number of rotatable bonds is 4. The third-order valence-electron chi connectivity index (χ3n) is 4.55. The van der Waals surface area contributed by atoms with Crippen molar-refractivity contribution in [3.8, 4) is 0 Å². The minimum absolute atomic E-state index is 0.0625. The van der Waals surface area contributed by atoms with Crippen LogP contribution in [0.2, 0.25) is 0 Å². The molecule has 0 bridgehead atoms. The number of nitrogens with zero attached hydrogens (tertiary/aromatic N) is 1. The van der Waals surface area contributed by atoms with Crippen molar-refractivity contribution in [2.24, 2.45) is 0 Å². The fourth-order valence-corrected chi connectivity index (χ4v) is 3.91. The van der Waals surface area contributed by atoms with Gasteiger partial charge >= 0.3 is 6.18 Å². The molecule has 0 fully saturated rings. The van der Waals surface area contributed by atoms with Crippen molar-refractivity contribution in [1.82, 2.24) is 4.40 Å². The standard InChI is InChI=1S/C21H14F3N3O2S/c22-21(23,24)12-6-1-2-7-13(12)26-20(29)16-14-8-3-4-10-27(14)18(17(16)25)19(28)15-9-5-11-30-15/h1-11H,25H2,(H,26,29). The molecule has 1 amide bonds. The molecule has 152 valence electrons. The molecule has 30 heavy (non-hydrogen) atoms. The van der Waals surface area contributed by atoms with Gasteiger partial charge in [0, 0.05) is 6.20 Å². The summed E-state index contributed by atoms with van der Waals surface area (Å²) in [6.45, 7) is 0. The van der Waals surface area contributed by atoms with E-state index >= 15 is 0 Å². The Morgan fingerprint density at radius 3 is 2.43 bits per heavy atom. The number of ketones is 1. The number of alkyl halides is 3. The van der Waals surface area contributed by atoms with Crippen LogP contribution in [-0.2, 0) is 6.18 Å². The summed E-state index contributed by atoms with van der Waals surface area (Å²) < 4.78 is 41.3. The van der Waals surface area contributed by atoms with Crippen molar-refractivity contribution in [1.29, 1.82) is 0 Å². The quantitative estimate of drug-likeness (QED) is 0.444. The Labute approximate surface area is 172 Å². The minimum atomic E-state index is -4.64. The monoisotopic (exact) mass is 429 g/mol. The molecule has 0 spiro atoms. The van der Waals surface area contributed by atoms with Gasteiger partial charge in [-0.25, -0.2) is 0 Å². The van der Waals surface area contributed by atoms with Gasteiger partial charge in [-0.15, -0.1) is 11.3 Å². The van der Waals surface area contributed by atoms with Gasteiger partial charge in [0.25, 0.3) is 5.91 Å². The SMILES string of the molecule is Nc1c(C(=O)Nc2ccccc2C(F)(F)F)c2ccccn2c1C(=O)c1cccs1. The Morgan fingerprint density at radius 1 is 1.00 bits per heavy atom. The smallest absolute Gasteiger partial charge is 0.396 e. The molecule has 0 aliphatic rings. The second-order valence-electron chi connectivity index (χ2n) is 6.40. The molecule has 0 aliphatic heterocycles. The molecule has 4 rings (SSSR count). The van der Waals surface area contributed by atoms with Gasteiger partial charge in [-0.05, 0) is 35.7 Å². The van der Waals surface area contributed by atoms with E-state index in [2.05, 4.69) is 5.32 Å². The van der Waals surface area contributed by atoms with E-state index in [0.29, 0.717) is 10.4 Å². The number of anilines is 2. The molecular formula is C21H14F3N3O2S. The van der Waals surface area contributed by atoms with Gasteiger partial charge < -0.3 is 15.5 Å². The lowest BCUT2D eigenvalue weighted by atomic mass is 10.1. The summed E-state index contributed by atoms with van der Waals surface area (Å²) >= 11 is 1.22. The number of halogens is 3. The average molecular weight is 429 g/mol. The summed E-state index contributed by atoms with van der Waals surface area (Å²) in [5.41, 5.74) is 5.06. The Bertz CT molecular complexity index is 1260. The first-order valence-electron chi connectivity index (χ1n) is 8.73. The highest BCUT2D eigenvalue weighted by atomic mass is 32.1. The number of carbonyl (C=O) groups is 2. The van der Waals surface area contributed by atoms with Crippen molar-refractivity contribution in [2.75, 3.05) is 11.1 Å². The number of nitrogen functional groups attached to an aromatic ring is 1. The molecule has 9 heteroatoms. The highest BCUT2D eigenvalue weighted by Gasteiger charge is 2.34. The van der Waals surface area contributed by atoms with Crippen molar-refractivity contribution < 1.29 is 22.8 Å². The van der Waals surface area contributed by atoms with Crippen LogP contribution in [0, 0.1) is 0 Å². The van der Waals surface area contributed by atoms with Crippen LogP contribution in [0.4, 0.5) is 24.5 Å². The summed E-state index contributed by atoms with van der Waals surface area (Å²) in [7, 11) is 0. The number of pyridine rings is 1. The molecular weight excluding hydrogens is 415 g/mol. The fourth-order valence-electron chi connectivity index (χ4n) is 3.25. The predicted octanol–water partition coefficient (Wildman–Crippen LogP) is 5.09. The molecule has 0 radical (unpaired) electrons. The number of para-hydroxylation sites is 1. The molecule has 5 nitrogen and oxygen atoms in total. The topological polar surface area (TPSA) is 76.6 Å². The van der Waals surface area contributed by atoms with E-state index in [4.69, 9.17) is 5.73 Å². The van der Waals surface area contributed by atoms with Crippen LogP contribution >= 0.6 is 11.3 Å². The summed E-state index contributed by atoms with van der Waals surface area (Å²) in [6, 6.07) is 12.9. The third-order valence-corrected chi connectivity index (χ3v) is 5.42. The second-order valence-corrected chi connectivity index (χ2v) is 7.34. The lowest BCUT2D eigenvalue weighted by molar-refractivity contribution is -0.136. The number of hydrogen-bond acceptors (Lipinski definition) is 4. The zero-order chi connectivity index (χ0) is 21.5. The summed E-state index contributed by atoms with van der Waals surface area (Å²) in [5, 5.41) is 4.03. The molecule has 0 unspecified atom stereocenters. The fraction of sp³-hybridized carbons (Fsp3) is 0.0476. The van der Waals surface area contributed by atoms with Gasteiger partial charge in [0.05, 0.1) is 32.9 Å². The maximum absolute atomic E-state index is 13.3. The highest BCUT2D eigenvalue weighted by Crippen LogP contribution is 2.36. The molecule has 1 aromatic carbocycles. The molecule has 0 aliphatic carbocycles. The van der Waals surface area contributed by atoms with Crippen LogP contribution in [-0.4, -0.2) is 16.1 Å². The minimum Gasteiger partial charge on any atom is -0.396 e. The Morgan fingerprint density at radius 2 is 1.73 bits per heavy atom. The van der Waals surface area contributed by atoms with E-state index < -0.39 is 23.3 Å². The number of hydrogen-bond donors (Lipinski definition) is 2. The van der Waals surface area contributed by atoms with Crippen LogP contribution in [0.1, 0.15) is 31.3 Å². The van der Waals surface area contributed by atoms with Gasteiger partial charge in [0.2, 0.25) is 5.78 Å². The van der Waals surface area contributed by atoms with E-state index in [1.165, 1.54) is 27.9 Å². The van der Waals surface area contributed by atoms with Crippen molar-refractivity contribution >= 4 is 39.9 Å². The van der Waals surface area contributed by atoms with E-state index in [9.17, 15) is 22.8 Å². The van der Waals surface area contributed by atoms with E-state index in [-0.39, 0.29) is 22.7 Å². The molecule has 4 aromatic rings. The van der Waals surface area contributed by atoms with Gasteiger partial charge in [-0.3, -0.25) is 9.59 Å². The Kier molecular flexibility index (Phi) is 4.83. The van der Waals surface area contributed by atoms with E-state index in [1.807, 2.05) is 0 Å². The highest BCUT2D eigenvalue weighted by molar-refractivity contribution is 7.12. The zero-order valence-corrected chi connectivity index (χ0v) is 16.1. The number of carbonyl (C=O) groups excluding carboxylic acids is 2. The first kappa shape index (κ1) is 19.7. The first-order chi connectivity index (χ1) is 14.3. The lowest BCUT2D eigenvalue weighted by Gasteiger charge is -2.13. The average Bonchev–Trinajstić information content (AvgIpc) is 3.33. The maximum atomic E-state index is 13.3. The predicted molar refractivity (Wildman–Crippen MR) is 109 cm³/mol. The van der Waals surface area contributed by atoms with Gasteiger partial charge in [0.1, 0.15) is 5.69 Å². The largest absolute Gasteiger partial charge is 0.418 e. The first-order valence-corrected chi connectivity index (χ1v) is 9.61. The molecule has 0 saturated carbocycles. The number of benzene rings is 1. The number of nitrogens with one attached hydrogen (secondary N) is 1. The van der Waals surface area contributed by atoms with Crippen molar-refractivity contribution in [2.45, 2.75) is 6.18 Å². The van der Waals surface area contributed by atoms with Crippen LogP contribution in [0.15, 0.2) is 66.2 Å². The molecule has 0 saturated heterocycles. The zero-order valence-electron chi connectivity index (χ0n) is 15.2. The number of fused-ring (bicyclic) bond motifs is 1. The number of thiophene rings is 1. The Hall–Kier alpha value is -3.59. The number of aromatic nitrogens is 1. The maximum Gasteiger partial charge on any atom is 0.418 e. The molecule has 3 heterocycles. The van der Waals surface area contributed by atoms with Crippen molar-refractivity contribution in [3.63, 3.8) is 0 Å². The summed E-state index contributed by atoms with van der Waals surface area (Å²) in [4.78, 5) is 26.4. The Balaban J connectivity index is 1.82. The number of amides is 1. The van der Waals surface area contributed by atoms with Crippen LogP contribution in [0.3, 0.4) is 0 Å². The molecule has 0 atom stereocenters. The van der Waals surface area contributed by atoms with Crippen LogP contribution in [0.25, 0.3) is 5.52 Å². The van der Waals surface area contributed by atoms with Gasteiger partial charge in [-0.1, -0.05) is 24.3 Å².